The van der Waals surface area contributed by atoms with Gasteiger partial charge in [0.25, 0.3) is 0 Å². The minimum Gasteiger partial charge on any atom is -0.367 e. The van der Waals surface area contributed by atoms with Gasteiger partial charge in [-0.3, -0.25) is 14.9 Å². The molecule has 3 N–H and O–H groups in total. The first-order valence-corrected chi connectivity index (χ1v) is 11.8. The molecule has 2 aliphatic rings. The molecule has 2 aliphatic heterocycles. The molecule has 0 saturated carbocycles. The molecule has 0 radical (unpaired) electrons. The van der Waals surface area contributed by atoms with Crippen LogP contribution in [0.25, 0.3) is 10.9 Å². The molecule has 2 bridgehead atoms. The van der Waals surface area contributed by atoms with Crippen molar-refractivity contribution in [2.75, 3.05) is 31.3 Å². The van der Waals surface area contributed by atoms with Crippen LogP contribution in [0, 0.1) is 12.7 Å². The number of amides is 1. The van der Waals surface area contributed by atoms with E-state index in [2.05, 4.69) is 35.7 Å². The Balaban J connectivity index is 1.41. The number of fused-ring (bicyclic) bond motifs is 3. The number of aromatic amines is 1. The molecule has 0 spiro atoms. The Morgan fingerprint density at radius 2 is 2.03 bits per heavy atom. The van der Waals surface area contributed by atoms with Crippen LogP contribution in [0.4, 0.5) is 21.8 Å². The van der Waals surface area contributed by atoms with Crippen molar-refractivity contribution >= 4 is 34.3 Å². The third-order valence-corrected chi connectivity index (χ3v) is 6.71. The summed E-state index contributed by atoms with van der Waals surface area (Å²) in [5.74, 6) is 0.859. The van der Waals surface area contributed by atoms with E-state index >= 15 is 4.39 Å². The summed E-state index contributed by atoms with van der Waals surface area (Å²) in [6.07, 6.45) is 6.44. The molecule has 9 nitrogen and oxygen atoms in total. The molecule has 180 valence electrons. The van der Waals surface area contributed by atoms with E-state index in [0.717, 1.165) is 37.8 Å². The fourth-order valence-electron chi connectivity index (χ4n) is 5.35. The maximum atomic E-state index is 15.3. The second kappa shape index (κ2) is 9.17. The van der Waals surface area contributed by atoms with Crippen LogP contribution in [-0.4, -0.2) is 74.6 Å². The zero-order chi connectivity index (χ0) is 23.8. The molecule has 3 aromatic rings. The molecule has 10 heteroatoms. The van der Waals surface area contributed by atoms with Gasteiger partial charge in [0, 0.05) is 41.5 Å². The van der Waals surface area contributed by atoms with Crippen LogP contribution >= 0.6 is 0 Å². The predicted molar refractivity (Wildman–Crippen MR) is 130 cm³/mol. The fourth-order valence-corrected chi connectivity index (χ4v) is 5.35. The largest absolute Gasteiger partial charge is 0.367 e. The van der Waals surface area contributed by atoms with Gasteiger partial charge in [-0.2, -0.15) is 5.10 Å². The number of carbonyl (C=O) groups is 1. The number of carbonyl (C=O) groups excluding carboxylic acids is 1. The van der Waals surface area contributed by atoms with E-state index in [-0.39, 0.29) is 35.4 Å². The Morgan fingerprint density at radius 1 is 1.26 bits per heavy atom. The number of anilines is 3. The van der Waals surface area contributed by atoms with Crippen molar-refractivity contribution in [2.24, 2.45) is 0 Å². The van der Waals surface area contributed by atoms with Gasteiger partial charge in [-0.25, -0.2) is 9.37 Å². The Labute approximate surface area is 198 Å². The lowest BCUT2D eigenvalue weighted by Gasteiger charge is -2.49. The first kappa shape index (κ1) is 22.5. The molecular formula is C24H31FN8O. The fraction of sp³-hybridized carbons (Fsp3) is 0.500. The van der Waals surface area contributed by atoms with Gasteiger partial charge in [-0.1, -0.05) is 0 Å². The normalized spacial score (nSPS) is 22.3. The van der Waals surface area contributed by atoms with Crippen LogP contribution in [0.1, 0.15) is 37.8 Å². The van der Waals surface area contributed by atoms with Crippen LogP contribution < -0.4 is 10.6 Å². The van der Waals surface area contributed by atoms with Gasteiger partial charge in [-0.05, 0) is 65.3 Å². The van der Waals surface area contributed by atoms with E-state index in [0.29, 0.717) is 23.6 Å². The molecular weight excluding hydrogens is 435 g/mol. The number of hydrogen-bond donors (Lipinski definition) is 3. The standard InChI is InChI=1S/C24H31FN8O/c1-14-10-19(31-30-14)28-24-21(25)22-18(8-5-9-26-22)23(29-24)27-15-11-16-6-4-7-17(12-15)33(16)20(34)13-32(2)3/h5,8-10,15-17H,4,6-7,11-13H2,1-3H3,(H3,27,28,29,30,31)/t15?,16-,17+. The van der Waals surface area contributed by atoms with Crippen molar-refractivity contribution in [1.29, 1.82) is 0 Å². The quantitative estimate of drug-likeness (QED) is 0.512. The number of nitrogens with zero attached hydrogens (tertiary/aromatic N) is 5. The van der Waals surface area contributed by atoms with Crippen molar-refractivity contribution < 1.29 is 9.18 Å². The summed E-state index contributed by atoms with van der Waals surface area (Å²) in [6, 6.07) is 5.98. The summed E-state index contributed by atoms with van der Waals surface area (Å²) >= 11 is 0. The van der Waals surface area contributed by atoms with Crippen molar-refractivity contribution in [2.45, 2.75) is 57.2 Å². The van der Waals surface area contributed by atoms with E-state index in [1.54, 1.807) is 18.3 Å². The third kappa shape index (κ3) is 4.42. The SMILES string of the molecule is Cc1cc(Nc2nc(NC3C[C@H]4CCC[C@@H](C3)N4C(=O)CN(C)C)c3cccnc3c2F)n[nH]1. The van der Waals surface area contributed by atoms with Crippen LogP contribution in [0.3, 0.4) is 0 Å². The molecule has 1 unspecified atom stereocenters. The highest BCUT2D eigenvalue weighted by Crippen LogP contribution is 2.37. The van der Waals surface area contributed by atoms with Crippen LogP contribution in [0.2, 0.25) is 0 Å². The lowest BCUT2D eigenvalue weighted by atomic mass is 9.81. The molecule has 34 heavy (non-hydrogen) atoms. The van der Waals surface area contributed by atoms with Crippen molar-refractivity contribution in [3.8, 4) is 0 Å². The van der Waals surface area contributed by atoms with E-state index in [1.165, 1.54) is 0 Å². The number of aromatic nitrogens is 4. The summed E-state index contributed by atoms with van der Waals surface area (Å²) in [4.78, 5) is 25.8. The molecule has 2 fully saturated rings. The lowest BCUT2D eigenvalue weighted by molar-refractivity contribution is -0.141. The van der Waals surface area contributed by atoms with Gasteiger partial charge in [0.2, 0.25) is 5.91 Å². The average molecular weight is 467 g/mol. The number of pyridine rings is 2. The molecule has 3 aromatic heterocycles. The highest BCUT2D eigenvalue weighted by molar-refractivity contribution is 5.92. The van der Waals surface area contributed by atoms with Gasteiger partial charge in [0.05, 0.1) is 6.54 Å². The monoisotopic (exact) mass is 466 g/mol. The number of aryl methyl sites for hydroxylation is 1. The van der Waals surface area contributed by atoms with Gasteiger partial charge in [0.15, 0.2) is 17.5 Å². The van der Waals surface area contributed by atoms with E-state index in [4.69, 9.17) is 0 Å². The van der Waals surface area contributed by atoms with Gasteiger partial charge >= 0.3 is 0 Å². The molecule has 2 saturated heterocycles. The third-order valence-electron chi connectivity index (χ3n) is 6.71. The zero-order valence-corrected chi connectivity index (χ0v) is 19.8. The average Bonchev–Trinajstić information content (AvgIpc) is 3.20. The number of hydrogen-bond acceptors (Lipinski definition) is 7. The van der Waals surface area contributed by atoms with E-state index < -0.39 is 5.82 Å². The molecule has 5 rings (SSSR count). The first-order chi connectivity index (χ1) is 16.4. The van der Waals surface area contributed by atoms with Gasteiger partial charge in [-0.15, -0.1) is 0 Å². The molecule has 3 atom stereocenters. The number of likely N-dealkylation sites (N-methyl/N-ethyl adjacent to an activating group) is 1. The minimum absolute atomic E-state index is 0.0824. The maximum absolute atomic E-state index is 15.3. The second-order valence-electron chi connectivity index (χ2n) is 9.67. The minimum atomic E-state index is -0.511. The molecule has 1 amide bonds. The number of halogens is 1. The summed E-state index contributed by atoms with van der Waals surface area (Å²) in [7, 11) is 3.86. The van der Waals surface area contributed by atoms with E-state index in [9.17, 15) is 4.79 Å². The zero-order valence-electron chi connectivity index (χ0n) is 19.8. The van der Waals surface area contributed by atoms with Gasteiger partial charge < -0.3 is 20.4 Å². The number of piperidine rings is 2. The summed E-state index contributed by atoms with van der Waals surface area (Å²) in [5, 5.41) is 14.2. The first-order valence-electron chi connectivity index (χ1n) is 11.8. The van der Waals surface area contributed by atoms with Gasteiger partial charge in [0.1, 0.15) is 11.3 Å². The summed E-state index contributed by atoms with van der Waals surface area (Å²) in [6.45, 7) is 2.31. The van der Waals surface area contributed by atoms with Crippen LogP contribution in [0.15, 0.2) is 24.4 Å². The highest BCUT2D eigenvalue weighted by atomic mass is 19.1. The second-order valence-corrected chi connectivity index (χ2v) is 9.67. The Kier molecular flexibility index (Phi) is 6.07. The van der Waals surface area contributed by atoms with Crippen molar-refractivity contribution in [3.63, 3.8) is 0 Å². The van der Waals surface area contributed by atoms with E-state index in [1.807, 2.05) is 32.0 Å². The summed E-state index contributed by atoms with van der Waals surface area (Å²) < 4.78 is 15.3. The lowest BCUT2D eigenvalue weighted by Crippen LogP contribution is -2.58. The van der Waals surface area contributed by atoms with Crippen LogP contribution in [-0.2, 0) is 4.79 Å². The highest BCUT2D eigenvalue weighted by Gasteiger charge is 2.41. The smallest absolute Gasteiger partial charge is 0.237 e. The Bertz CT molecular complexity index is 1180. The number of rotatable bonds is 6. The Morgan fingerprint density at radius 3 is 2.71 bits per heavy atom. The predicted octanol–water partition coefficient (Wildman–Crippen LogP) is 3.43. The molecule has 0 aliphatic carbocycles. The molecule has 5 heterocycles. The number of nitrogens with one attached hydrogen (secondary N) is 3. The summed E-state index contributed by atoms with van der Waals surface area (Å²) in [5.41, 5.74) is 1.12. The van der Waals surface area contributed by atoms with Crippen molar-refractivity contribution in [1.82, 2.24) is 30.0 Å². The number of H-pyrrole nitrogens is 1. The van der Waals surface area contributed by atoms with Crippen LogP contribution in [0.5, 0.6) is 0 Å². The van der Waals surface area contributed by atoms with Crippen molar-refractivity contribution in [3.05, 3.63) is 35.9 Å². The maximum Gasteiger partial charge on any atom is 0.237 e. The Hall–Kier alpha value is -3.27. The molecule has 0 aromatic carbocycles. The topological polar surface area (TPSA) is 102 Å².